The van der Waals surface area contributed by atoms with Crippen molar-refractivity contribution >= 4 is 33.4 Å². The Kier molecular flexibility index (Phi) is 6.68. The number of benzene rings is 2. The molecule has 2 amide bonds. The number of H-pyrrole nitrogens is 1. The predicted molar refractivity (Wildman–Crippen MR) is 142 cm³/mol. The topological polar surface area (TPSA) is 105 Å². The number of aromatic amines is 1. The molecule has 0 aliphatic heterocycles. The Morgan fingerprint density at radius 2 is 1.95 bits per heavy atom. The summed E-state index contributed by atoms with van der Waals surface area (Å²) in [6.45, 7) is 3.89. The van der Waals surface area contributed by atoms with Crippen LogP contribution in [0.4, 0.5) is 10.1 Å². The van der Waals surface area contributed by atoms with Crippen molar-refractivity contribution < 1.29 is 14.0 Å². The first-order valence-electron chi connectivity index (χ1n) is 11.9. The highest BCUT2D eigenvalue weighted by molar-refractivity contribution is 9.10. The van der Waals surface area contributed by atoms with Crippen molar-refractivity contribution in [2.75, 3.05) is 5.32 Å². The Bertz CT molecular complexity index is 1470. The smallest absolute Gasteiger partial charge is 0.270 e. The molecule has 0 unspecified atom stereocenters. The van der Waals surface area contributed by atoms with Crippen LogP contribution in [0.1, 0.15) is 45.3 Å². The van der Waals surface area contributed by atoms with Gasteiger partial charge in [-0.1, -0.05) is 28.1 Å². The first-order valence-corrected chi connectivity index (χ1v) is 12.7. The first-order chi connectivity index (χ1) is 17.7. The molecule has 10 heteroatoms. The van der Waals surface area contributed by atoms with Crippen LogP contribution in [-0.2, 0) is 18.3 Å². The molecule has 0 spiro atoms. The van der Waals surface area contributed by atoms with Gasteiger partial charge in [0, 0.05) is 40.6 Å². The lowest BCUT2D eigenvalue weighted by atomic mass is 9.92. The fourth-order valence-electron chi connectivity index (χ4n) is 5.10. The van der Waals surface area contributed by atoms with E-state index in [9.17, 15) is 14.0 Å². The SMILES string of the molecule is Cc1n[nH]c(C)c1-c1ccc(NC(=O)[C@@H](NC(=O)c2ccnn2C)[C@@H]2CCc3c(F)cc(Br)cc32)cc1. The maximum atomic E-state index is 14.6. The molecule has 1 aliphatic rings. The van der Waals surface area contributed by atoms with Gasteiger partial charge in [-0.2, -0.15) is 10.2 Å². The van der Waals surface area contributed by atoms with E-state index in [0.717, 1.165) is 28.1 Å². The summed E-state index contributed by atoms with van der Waals surface area (Å²) in [5.74, 6) is -1.51. The molecule has 2 atom stereocenters. The molecule has 8 nitrogen and oxygen atoms in total. The van der Waals surface area contributed by atoms with Gasteiger partial charge in [-0.15, -0.1) is 0 Å². The Morgan fingerprint density at radius 3 is 2.59 bits per heavy atom. The van der Waals surface area contributed by atoms with E-state index >= 15 is 0 Å². The number of rotatable bonds is 6. The van der Waals surface area contributed by atoms with Crippen LogP contribution in [0.15, 0.2) is 53.1 Å². The Morgan fingerprint density at radius 1 is 1.19 bits per heavy atom. The highest BCUT2D eigenvalue weighted by Crippen LogP contribution is 2.39. The molecule has 4 aromatic rings. The van der Waals surface area contributed by atoms with Gasteiger partial charge in [-0.3, -0.25) is 19.4 Å². The maximum Gasteiger partial charge on any atom is 0.270 e. The number of anilines is 1. The second-order valence-corrected chi connectivity index (χ2v) is 10.2. The van der Waals surface area contributed by atoms with Crippen LogP contribution in [0, 0.1) is 19.7 Å². The number of hydrogen-bond acceptors (Lipinski definition) is 4. The van der Waals surface area contributed by atoms with Crippen molar-refractivity contribution in [1.29, 1.82) is 0 Å². The number of amides is 2. The van der Waals surface area contributed by atoms with E-state index in [1.54, 1.807) is 13.1 Å². The summed E-state index contributed by atoms with van der Waals surface area (Å²) in [6.07, 6.45) is 2.54. The maximum absolute atomic E-state index is 14.6. The van der Waals surface area contributed by atoms with Gasteiger partial charge in [0.25, 0.3) is 5.91 Å². The summed E-state index contributed by atoms with van der Waals surface area (Å²) in [5.41, 5.74) is 6.07. The van der Waals surface area contributed by atoms with Gasteiger partial charge < -0.3 is 10.6 Å². The van der Waals surface area contributed by atoms with Crippen LogP contribution in [0.5, 0.6) is 0 Å². The Balaban J connectivity index is 1.43. The van der Waals surface area contributed by atoms with Gasteiger partial charge in [0.2, 0.25) is 5.91 Å². The standard InChI is InChI=1S/C27H26BrFN6O2/c1-14-24(15(2)34-33-14)16-4-6-18(7-5-16)31-27(37)25(32-26(36)23-10-11-30-35(23)3)20-9-8-19-21(20)12-17(28)13-22(19)29/h4-7,10-13,20,25H,8-9H2,1-3H3,(H,31,37)(H,32,36)(H,33,34)/t20-,25+/m1/s1. The number of nitrogens with one attached hydrogen (secondary N) is 3. The minimum absolute atomic E-state index is 0.315. The highest BCUT2D eigenvalue weighted by atomic mass is 79.9. The molecular formula is C27H26BrFN6O2. The summed E-state index contributed by atoms with van der Waals surface area (Å²) < 4.78 is 16.7. The number of fused-ring (bicyclic) bond motifs is 1. The molecule has 0 saturated carbocycles. The van der Waals surface area contributed by atoms with E-state index in [1.807, 2.05) is 44.2 Å². The molecule has 3 N–H and O–H groups in total. The van der Waals surface area contributed by atoms with Gasteiger partial charge in [0.1, 0.15) is 17.6 Å². The molecule has 2 heterocycles. The van der Waals surface area contributed by atoms with E-state index in [1.165, 1.54) is 16.9 Å². The zero-order valence-electron chi connectivity index (χ0n) is 20.6. The molecule has 0 bridgehead atoms. The number of carbonyl (C=O) groups excluding carboxylic acids is 2. The van der Waals surface area contributed by atoms with E-state index in [2.05, 4.69) is 41.9 Å². The van der Waals surface area contributed by atoms with E-state index in [4.69, 9.17) is 0 Å². The Hall–Kier alpha value is -3.79. The number of nitrogens with zero attached hydrogens (tertiary/aromatic N) is 3. The number of hydrogen-bond donors (Lipinski definition) is 3. The monoisotopic (exact) mass is 564 g/mol. The van der Waals surface area contributed by atoms with Gasteiger partial charge in [0.15, 0.2) is 0 Å². The predicted octanol–water partition coefficient (Wildman–Crippen LogP) is 4.80. The normalized spacial score (nSPS) is 15.3. The zero-order chi connectivity index (χ0) is 26.3. The third-order valence-corrected chi connectivity index (χ3v) is 7.35. The zero-order valence-corrected chi connectivity index (χ0v) is 22.2. The van der Waals surface area contributed by atoms with Crippen LogP contribution in [0.25, 0.3) is 11.1 Å². The molecule has 37 heavy (non-hydrogen) atoms. The second-order valence-electron chi connectivity index (χ2n) is 9.27. The third kappa shape index (κ3) is 4.81. The van der Waals surface area contributed by atoms with Crippen LogP contribution in [0.3, 0.4) is 0 Å². The molecule has 0 saturated heterocycles. The number of halogens is 2. The summed E-state index contributed by atoms with van der Waals surface area (Å²) in [6, 6.07) is 11.4. The lowest BCUT2D eigenvalue weighted by Gasteiger charge is -2.25. The fourth-order valence-corrected chi connectivity index (χ4v) is 5.54. The van der Waals surface area contributed by atoms with Crippen molar-refractivity contribution in [2.45, 2.75) is 38.6 Å². The lowest BCUT2D eigenvalue weighted by Crippen LogP contribution is -2.47. The molecule has 2 aromatic heterocycles. The largest absolute Gasteiger partial charge is 0.338 e. The number of aryl methyl sites for hydroxylation is 3. The van der Waals surface area contributed by atoms with E-state index in [-0.39, 0.29) is 11.7 Å². The first kappa shape index (κ1) is 24.9. The van der Waals surface area contributed by atoms with E-state index < -0.39 is 17.9 Å². The van der Waals surface area contributed by atoms with Crippen LogP contribution in [-0.4, -0.2) is 37.8 Å². The minimum Gasteiger partial charge on any atom is -0.338 e. The van der Waals surface area contributed by atoms with Gasteiger partial charge >= 0.3 is 0 Å². The van der Waals surface area contributed by atoms with Crippen LogP contribution >= 0.6 is 15.9 Å². The average Bonchev–Trinajstić information content (AvgIpc) is 3.56. The number of aromatic nitrogens is 4. The third-order valence-electron chi connectivity index (χ3n) is 6.89. The molecule has 2 aromatic carbocycles. The molecular weight excluding hydrogens is 539 g/mol. The summed E-state index contributed by atoms with van der Waals surface area (Å²) in [5, 5.41) is 17.1. The highest BCUT2D eigenvalue weighted by Gasteiger charge is 2.37. The average molecular weight is 565 g/mol. The minimum atomic E-state index is -0.921. The van der Waals surface area contributed by atoms with Gasteiger partial charge in [-0.05, 0) is 73.7 Å². The van der Waals surface area contributed by atoms with Crippen LogP contribution in [0.2, 0.25) is 0 Å². The summed E-state index contributed by atoms with van der Waals surface area (Å²) in [7, 11) is 1.66. The fraction of sp³-hybridized carbons (Fsp3) is 0.259. The van der Waals surface area contributed by atoms with E-state index in [0.29, 0.717) is 34.3 Å². The second kappa shape index (κ2) is 9.93. The number of carbonyl (C=O) groups is 2. The summed E-state index contributed by atoms with van der Waals surface area (Å²) >= 11 is 3.36. The molecule has 5 rings (SSSR count). The molecule has 0 radical (unpaired) electrons. The van der Waals surface area contributed by atoms with Gasteiger partial charge in [-0.25, -0.2) is 4.39 Å². The van der Waals surface area contributed by atoms with Gasteiger partial charge in [0.05, 0.1) is 5.69 Å². The molecule has 190 valence electrons. The Labute approximate surface area is 221 Å². The van der Waals surface area contributed by atoms with Crippen molar-refractivity contribution in [3.63, 3.8) is 0 Å². The molecule has 0 fully saturated rings. The van der Waals surface area contributed by atoms with Crippen molar-refractivity contribution in [2.24, 2.45) is 7.05 Å². The van der Waals surface area contributed by atoms with Crippen molar-refractivity contribution in [1.82, 2.24) is 25.3 Å². The molecule has 1 aliphatic carbocycles. The van der Waals surface area contributed by atoms with Crippen molar-refractivity contribution in [3.8, 4) is 11.1 Å². The van der Waals surface area contributed by atoms with Crippen molar-refractivity contribution in [3.05, 3.63) is 87.2 Å². The summed E-state index contributed by atoms with van der Waals surface area (Å²) in [4.78, 5) is 26.7. The van der Waals surface area contributed by atoms with Crippen LogP contribution < -0.4 is 10.6 Å². The quantitative estimate of drug-likeness (QED) is 0.313. The lowest BCUT2D eigenvalue weighted by molar-refractivity contribution is -0.118.